The monoisotopic (exact) mass is 198 g/mol. The Bertz CT molecular complexity index is 167. The van der Waals surface area contributed by atoms with Crippen LogP contribution in [0.5, 0.6) is 0 Å². The molecule has 2 heterocycles. The van der Waals surface area contributed by atoms with Crippen LogP contribution in [0, 0.1) is 0 Å². The van der Waals surface area contributed by atoms with E-state index in [2.05, 4.69) is 6.92 Å². The maximum absolute atomic E-state index is 5.89. The van der Waals surface area contributed by atoms with E-state index in [1.165, 1.54) is 38.5 Å². The van der Waals surface area contributed by atoms with Crippen molar-refractivity contribution in [1.29, 1.82) is 0 Å². The molecule has 2 atom stereocenters. The lowest BCUT2D eigenvalue weighted by atomic mass is 9.88. The van der Waals surface area contributed by atoms with Gasteiger partial charge in [-0.15, -0.1) is 0 Å². The van der Waals surface area contributed by atoms with E-state index < -0.39 is 0 Å². The van der Waals surface area contributed by atoms with Crippen molar-refractivity contribution < 1.29 is 9.47 Å². The molecule has 2 rings (SSSR count). The molecule has 2 saturated heterocycles. The fourth-order valence-corrected chi connectivity index (χ4v) is 2.60. The molecule has 0 bridgehead atoms. The summed E-state index contributed by atoms with van der Waals surface area (Å²) >= 11 is 0. The maximum atomic E-state index is 5.89. The third-order valence-electron chi connectivity index (χ3n) is 3.48. The summed E-state index contributed by atoms with van der Waals surface area (Å²) in [6.07, 6.45) is 9.16. The summed E-state index contributed by atoms with van der Waals surface area (Å²) < 4.78 is 11.7. The standard InChI is InChI=1S/C12H22O2/c1-12(7-3-5-9-14-12)10-11-6-2-4-8-13-11/h11H,2-10H2,1H3/t11?,12-/m1/s1. The van der Waals surface area contributed by atoms with Gasteiger partial charge < -0.3 is 9.47 Å². The van der Waals surface area contributed by atoms with Crippen LogP contribution in [0.4, 0.5) is 0 Å². The van der Waals surface area contributed by atoms with E-state index in [-0.39, 0.29) is 5.60 Å². The average Bonchev–Trinajstić information content (AvgIpc) is 2.19. The minimum atomic E-state index is 0.111. The Balaban J connectivity index is 1.81. The van der Waals surface area contributed by atoms with Gasteiger partial charge in [0.05, 0.1) is 11.7 Å². The highest BCUT2D eigenvalue weighted by Crippen LogP contribution is 2.31. The third-order valence-corrected chi connectivity index (χ3v) is 3.48. The fraction of sp³-hybridized carbons (Fsp3) is 1.00. The third kappa shape index (κ3) is 2.71. The zero-order valence-electron chi connectivity index (χ0n) is 9.26. The van der Waals surface area contributed by atoms with Crippen LogP contribution < -0.4 is 0 Å². The van der Waals surface area contributed by atoms with Crippen molar-refractivity contribution in [2.45, 2.75) is 63.6 Å². The summed E-state index contributed by atoms with van der Waals surface area (Å²) in [6.45, 7) is 4.16. The summed E-state index contributed by atoms with van der Waals surface area (Å²) in [6, 6.07) is 0. The summed E-state index contributed by atoms with van der Waals surface area (Å²) in [7, 11) is 0. The molecule has 0 amide bonds. The summed E-state index contributed by atoms with van der Waals surface area (Å²) in [5.41, 5.74) is 0.111. The Morgan fingerprint density at radius 2 is 2.00 bits per heavy atom. The second-order valence-electron chi connectivity index (χ2n) is 4.95. The second kappa shape index (κ2) is 4.63. The molecule has 2 fully saturated rings. The molecule has 0 spiro atoms. The first-order valence-electron chi connectivity index (χ1n) is 6.04. The van der Waals surface area contributed by atoms with Gasteiger partial charge in [0.1, 0.15) is 0 Å². The van der Waals surface area contributed by atoms with Crippen LogP contribution in [0.2, 0.25) is 0 Å². The molecule has 0 aromatic rings. The van der Waals surface area contributed by atoms with Gasteiger partial charge in [0.15, 0.2) is 0 Å². The van der Waals surface area contributed by atoms with Gasteiger partial charge in [0.2, 0.25) is 0 Å². The molecule has 0 aliphatic carbocycles. The van der Waals surface area contributed by atoms with Crippen molar-refractivity contribution in [2.24, 2.45) is 0 Å². The van der Waals surface area contributed by atoms with Gasteiger partial charge in [-0.05, 0) is 45.4 Å². The quantitative estimate of drug-likeness (QED) is 0.679. The van der Waals surface area contributed by atoms with Crippen LogP contribution in [0.25, 0.3) is 0 Å². The first-order chi connectivity index (χ1) is 6.79. The van der Waals surface area contributed by atoms with Crippen molar-refractivity contribution in [3.05, 3.63) is 0 Å². The van der Waals surface area contributed by atoms with Crippen LogP contribution >= 0.6 is 0 Å². The molecule has 1 unspecified atom stereocenters. The van der Waals surface area contributed by atoms with E-state index in [4.69, 9.17) is 9.47 Å². The Hall–Kier alpha value is -0.0800. The normalized spacial score (nSPS) is 39.6. The van der Waals surface area contributed by atoms with Crippen LogP contribution in [0.15, 0.2) is 0 Å². The zero-order valence-corrected chi connectivity index (χ0v) is 9.26. The minimum absolute atomic E-state index is 0.111. The zero-order chi connectivity index (χ0) is 9.86. The predicted molar refractivity (Wildman–Crippen MR) is 56.4 cm³/mol. The van der Waals surface area contributed by atoms with Crippen molar-refractivity contribution in [3.8, 4) is 0 Å². The molecule has 0 aromatic heterocycles. The molecule has 0 N–H and O–H groups in total. The molecule has 0 radical (unpaired) electrons. The number of ether oxygens (including phenoxy) is 2. The van der Waals surface area contributed by atoms with Gasteiger partial charge in [-0.1, -0.05) is 0 Å². The first kappa shape index (κ1) is 10.4. The van der Waals surface area contributed by atoms with Gasteiger partial charge in [-0.3, -0.25) is 0 Å². The number of hydrogen-bond donors (Lipinski definition) is 0. The minimum Gasteiger partial charge on any atom is -0.378 e. The molecular weight excluding hydrogens is 176 g/mol. The highest BCUT2D eigenvalue weighted by atomic mass is 16.5. The molecule has 2 aliphatic heterocycles. The summed E-state index contributed by atoms with van der Waals surface area (Å²) in [5, 5.41) is 0. The van der Waals surface area contributed by atoms with Gasteiger partial charge in [-0.25, -0.2) is 0 Å². The molecule has 2 aliphatic rings. The second-order valence-corrected chi connectivity index (χ2v) is 4.95. The van der Waals surface area contributed by atoms with Crippen molar-refractivity contribution in [2.75, 3.05) is 13.2 Å². The lowest BCUT2D eigenvalue weighted by Crippen LogP contribution is -2.38. The van der Waals surface area contributed by atoms with E-state index in [0.717, 1.165) is 19.6 Å². The van der Waals surface area contributed by atoms with E-state index in [1.54, 1.807) is 0 Å². The summed E-state index contributed by atoms with van der Waals surface area (Å²) in [5.74, 6) is 0. The van der Waals surface area contributed by atoms with Gasteiger partial charge >= 0.3 is 0 Å². The highest BCUT2D eigenvalue weighted by Gasteiger charge is 2.31. The Morgan fingerprint density at radius 1 is 1.14 bits per heavy atom. The molecule has 82 valence electrons. The largest absolute Gasteiger partial charge is 0.378 e. The number of rotatable bonds is 2. The van der Waals surface area contributed by atoms with E-state index in [1.807, 2.05) is 0 Å². The number of hydrogen-bond acceptors (Lipinski definition) is 2. The van der Waals surface area contributed by atoms with Gasteiger partial charge in [0, 0.05) is 19.6 Å². The van der Waals surface area contributed by atoms with Crippen LogP contribution in [0.1, 0.15) is 51.9 Å². The SMILES string of the molecule is C[C@]1(CC2CCCCO2)CCCCO1. The van der Waals surface area contributed by atoms with Crippen LogP contribution in [0.3, 0.4) is 0 Å². The maximum Gasteiger partial charge on any atom is 0.0679 e. The van der Waals surface area contributed by atoms with E-state index in [0.29, 0.717) is 6.10 Å². The smallest absolute Gasteiger partial charge is 0.0679 e. The topological polar surface area (TPSA) is 18.5 Å². The van der Waals surface area contributed by atoms with Crippen LogP contribution in [-0.4, -0.2) is 24.9 Å². The van der Waals surface area contributed by atoms with Crippen molar-refractivity contribution in [3.63, 3.8) is 0 Å². The predicted octanol–water partition coefficient (Wildman–Crippen LogP) is 2.90. The lowest BCUT2D eigenvalue weighted by Gasteiger charge is -2.37. The molecule has 14 heavy (non-hydrogen) atoms. The van der Waals surface area contributed by atoms with Crippen LogP contribution in [-0.2, 0) is 9.47 Å². The average molecular weight is 198 g/mol. The van der Waals surface area contributed by atoms with E-state index >= 15 is 0 Å². The fourth-order valence-electron chi connectivity index (χ4n) is 2.60. The Morgan fingerprint density at radius 3 is 2.64 bits per heavy atom. The van der Waals surface area contributed by atoms with Gasteiger partial charge in [-0.2, -0.15) is 0 Å². The van der Waals surface area contributed by atoms with Crippen molar-refractivity contribution >= 4 is 0 Å². The molecular formula is C12H22O2. The Kier molecular flexibility index (Phi) is 3.45. The van der Waals surface area contributed by atoms with Gasteiger partial charge in [0.25, 0.3) is 0 Å². The molecule has 0 aromatic carbocycles. The molecule has 0 saturated carbocycles. The highest BCUT2D eigenvalue weighted by molar-refractivity contribution is 4.83. The van der Waals surface area contributed by atoms with E-state index in [9.17, 15) is 0 Å². The lowest BCUT2D eigenvalue weighted by molar-refractivity contribution is -0.108. The Labute approximate surface area is 87.0 Å². The van der Waals surface area contributed by atoms with Crippen molar-refractivity contribution in [1.82, 2.24) is 0 Å². The first-order valence-corrected chi connectivity index (χ1v) is 6.04. The molecule has 2 nitrogen and oxygen atoms in total. The molecule has 2 heteroatoms. The summed E-state index contributed by atoms with van der Waals surface area (Å²) in [4.78, 5) is 0.